The zero-order valence-electron chi connectivity index (χ0n) is 18.4. The van der Waals surface area contributed by atoms with E-state index in [0.717, 1.165) is 22.3 Å². The summed E-state index contributed by atoms with van der Waals surface area (Å²) in [4.78, 5) is 0. The van der Waals surface area contributed by atoms with E-state index in [0.29, 0.717) is 0 Å². The molecule has 0 bridgehead atoms. The molecule has 7 rings (SSSR count). The number of benzene rings is 4. The lowest BCUT2D eigenvalue weighted by Gasteiger charge is -2.30. The molecular formula is C32H22O. The molecule has 0 aliphatic heterocycles. The maximum absolute atomic E-state index is 6.33. The van der Waals surface area contributed by atoms with Crippen LogP contribution in [0.2, 0.25) is 0 Å². The van der Waals surface area contributed by atoms with Crippen LogP contribution in [0.25, 0.3) is 45.4 Å². The summed E-state index contributed by atoms with van der Waals surface area (Å²) in [6, 6.07) is 31.2. The van der Waals surface area contributed by atoms with Crippen LogP contribution >= 0.6 is 0 Å². The molecule has 5 aromatic rings. The minimum Gasteiger partial charge on any atom is -0.456 e. The fraction of sp³-hybridized carbons (Fsp3) is 0.0625. The summed E-state index contributed by atoms with van der Waals surface area (Å²) in [5.74, 6) is 0.821. The molecule has 2 aliphatic carbocycles. The van der Waals surface area contributed by atoms with Crippen LogP contribution in [0.5, 0.6) is 0 Å². The van der Waals surface area contributed by atoms with Gasteiger partial charge in [-0.05, 0) is 69.6 Å². The van der Waals surface area contributed by atoms with Crippen LogP contribution in [-0.4, -0.2) is 0 Å². The molecule has 1 heterocycles. The average Bonchev–Trinajstić information content (AvgIpc) is 3.47. The monoisotopic (exact) mass is 422 g/mol. The summed E-state index contributed by atoms with van der Waals surface area (Å²) in [6.07, 6.45) is 5.99. The van der Waals surface area contributed by atoms with Gasteiger partial charge in [-0.15, -0.1) is 0 Å². The summed E-state index contributed by atoms with van der Waals surface area (Å²) in [5.41, 5.74) is 12.2. The first kappa shape index (κ1) is 18.5. The molecule has 1 spiro atoms. The van der Waals surface area contributed by atoms with Gasteiger partial charge in [-0.25, -0.2) is 0 Å². The Bertz CT molecular complexity index is 1600. The fourth-order valence-corrected chi connectivity index (χ4v) is 6.21. The summed E-state index contributed by atoms with van der Waals surface area (Å²) >= 11 is 0. The van der Waals surface area contributed by atoms with E-state index in [2.05, 4.69) is 104 Å². The third-order valence-electron chi connectivity index (χ3n) is 7.39. The molecule has 0 N–H and O–H groups in total. The summed E-state index contributed by atoms with van der Waals surface area (Å²) in [7, 11) is 0. The van der Waals surface area contributed by atoms with Crippen LogP contribution < -0.4 is 0 Å². The molecule has 1 nitrogen and oxygen atoms in total. The lowest BCUT2D eigenvalue weighted by molar-refractivity contribution is 0.602. The van der Waals surface area contributed by atoms with Crippen LogP contribution in [0.4, 0.5) is 0 Å². The van der Waals surface area contributed by atoms with Crippen molar-refractivity contribution in [3.63, 3.8) is 0 Å². The highest BCUT2D eigenvalue weighted by Gasteiger charge is 2.51. The molecule has 33 heavy (non-hydrogen) atoms. The van der Waals surface area contributed by atoms with Crippen molar-refractivity contribution in [3.05, 3.63) is 131 Å². The topological polar surface area (TPSA) is 13.1 Å². The molecule has 4 aromatic carbocycles. The lowest BCUT2D eigenvalue weighted by atomic mass is 9.70. The van der Waals surface area contributed by atoms with Gasteiger partial charge in [0.1, 0.15) is 11.3 Å². The van der Waals surface area contributed by atoms with Gasteiger partial charge in [0, 0.05) is 10.9 Å². The average molecular weight is 423 g/mol. The molecular weight excluding hydrogens is 400 g/mol. The van der Waals surface area contributed by atoms with Gasteiger partial charge in [0.05, 0.1) is 5.41 Å². The molecule has 0 fully saturated rings. The van der Waals surface area contributed by atoms with Crippen LogP contribution in [0.15, 0.2) is 102 Å². The van der Waals surface area contributed by atoms with Crippen molar-refractivity contribution < 1.29 is 4.42 Å². The molecule has 156 valence electrons. The highest BCUT2D eigenvalue weighted by molar-refractivity contribution is 6.01. The van der Waals surface area contributed by atoms with Gasteiger partial charge >= 0.3 is 0 Å². The SMILES string of the molecule is C=Cc1oc2cc3c(cc2c1/C=C\C)-c1ccccc1C31c2ccccc2-c2ccccc21. The van der Waals surface area contributed by atoms with Crippen LogP contribution in [0, 0.1) is 0 Å². The molecule has 1 aromatic heterocycles. The smallest absolute Gasteiger partial charge is 0.135 e. The summed E-state index contributed by atoms with van der Waals surface area (Å²) < 4.78 is 6.33. The molecule has 0 amide bonds. The van der Waals surface area contributed by atoms with E-state index < -0.39 is 0 Å². The third-order valence-corrected chi connectivity index (χ3v) is 7.39. The fourth-order valence-electron chi connectivity index (χ4n) is 6.21. The first-order chi connectivity index (χ1) is 16.3. The van der Waals surface area contributed by atoms with Crippen LogP contribution in [0.3, 0.4) is 0 Å². The Balaban J connectivity index is 1.68. The van der Waals surface area contributed by atoms with Crippen molar-refractivity contribution >= 4 is 23.1 Å². The Morgan fingerprint density at radius 3 is 1.79 bits per heavy atom. The zero-order chi connectivity index (χ0) is 22.2. The maximum atomic E-state index is 6.33. The Hall–Kier alpha value is -4.10. The van der Waals surface area contributed by atoms with E-state index in [9.17, 15) is 0 Å². The van der Waals surface area contributed by atoms with Crippen LogP contribution in [-0.2, 0) is 5.41 Å². The second-order valence-electron chi connectivity index (χ2n) is 8.86. The first-order valence-corrected chi connectivity index (χ1v) is 11.4. The predicted octanol–water partition coefficient (Wildman–Crippen LogP) is 8.45. The second-order valence-corrected chi connectivity index (χ2v) is 8.86. The largest absolute Gasteiger partial charge is 0.456 e. The van der Waals surface area contributed by atoms with Crippen molar-refractivity contribution in [3.8, 4) is 22.3 Å². The number of fused-ring (bicyclic) bond motifs is 11. The Morgan fingerprint density at radius 1 is 0.697 bits per heavy atom. The highest BCUT2D eigenvalue weighted by Crippen LogP contribution is 2.63. The van der Waals surface area contributed by atoms with E-state index >= 15 is 0 Å². The summed E-state index contributed by atoms with van der Waals surface area (Å²) in [6.45, 7) is 6.02. The Kier molecular flexibility index (Phi) is 3.62. The molecule has 0 saturated heterocycles. The van der Waals surface area contributed by atoms with E-state index in [-0.39, 0.29) is 5.41 Å². The van der Waals surface area contributed by atoms with E-state index in [1.807, 2.05) is 13.0 Å². The normalized spacial score (nSPS) is 14.5. The van der Waals surface area contributed by atoms with Crippen molar-refractivity contribution in [2.24, 2.45) is 0 Å². The van der Waals surface area contributed by atoms with E-state index in [4.69, 9.17) is 4.42 Å². The number of hydrogen-bond acceptors (Lipinski definition) is 1. The lowest BCUT2D eigenvalue weighted by Crippen LogP contribution is -2.25. The second kappa shape index (κ2) is 6.46. The van der Waals surface area contributed by atoms with Gasteiger partial charge < -0.3 is 4.42 Å². The van der Waals surface area contributed by atoms with Gasteiger partial charge in [-0.3, -0.25) is 0 Å². The first-order valence-electron chi connectivity index (χ1n) is 11.4. The van der Waals surface area contributed by atoms with E-state index in [1.54, 1.807) is 0 Å². The van der Waals surface area contributed by atoms with Crippen molar-refractivity contribution in [1.29, 1.82) is 0 Å². The number of hydrogen-bond donors (Lipinski definition) is 0. The van der Waals surface area contributed by atoms with Crippen molar-refractivity contribution in [1.82, 2.24) is 0 Å². The van der Waals surface area contributed by atoms with Gasteiger partial charge in [0.25, 0.3) is 0 Å². The minimum absolute atomic E-state index is 0.338. The van der Waals surface area contributed by atoms with Crippen molar-refractivity contribution in [2.75, 3.05) is 0 Å². The molecule has 0 saturated carbocycles. The molecule has 1 heteroatoms. The number of allylic oxidation sites excluding steroid dienone is 1. The molecule has 2 aliphatic rings. The van der Waals surface area contributed by atoms with Gasteiger partial charge in [-0.2, -0.15) is 0 Å². The van der Waals surface area contributed by atoms with Gasteiger partial charge in [0.15, 0.2) is 0 Å². The van der Waals surface area contributed by atoms with E-state index in [1.165, 1.54) is 44.5 Å². The van der Waals surface area contributed by atoms with Gasteiger partial charge in [-0.1, -0.05) is 91.5 Å². The minimum atomic E-state index is -0.338. The zero-order valence-corrected chi connectivity index (χ0v) is 18.4. The number of furan rings is 1. The predicted molar refractivity (Wildman–Crippen MR) is 137 cm³/mol. The third kappa shape index (κ3) is 2.12. The Morgan fingerprint density at radius 2 is 1.24 bits per heavy atom. The standard InChI is InChI=1S/C32H22O/c1-3-11-23-25-18-24-22-14-7-10-17-28(22)32(29(24)19-31(25)33-30(23)4-2)26-15-8-5-12-20(26)21-13-6-9-16-27(21)32/h3-19H,2H2,1H3/b11-3-. The van der Waals surface area contributed by atoms with Gasteiger partial charge in [0.2, 0.25) is 0 Å². The molecule has 0 radical (unpaired) electrons. The summed E-state index contributed by atoms with van der Waals surface area (Å²) in [5, 5.41) is 1.13. The Labute approximate surface area is 193 Å². The highest BCUT2D eigenvalue weighted by atomic mass is 16.3. The molecule has 0 atom stereocenters. The maximum Gasteiger partial charge on any atom is 0.135 e. The van der Waals surface area contributed by atoms with Crippen LogP contribution in [0.1, 0.15) is 40.5 Å². The molecule has 0 unspecified atom stereocenters. The number of rotatable bonds is 2. The van der Waals surface area contributed by atoms with Crippen molar-refractivity contribution in [2.45, 2.75) is 12.3 Å². The quantitative estimate of drug-likeness (QED) is 0.272.